The van der Waals surface area contributed by atoms with Crippen LogP contribution in [0.4, 0.5) is 5.13 Å². The predicted molar refractivity (Wildman–Crippen MR) is 215 cm³/mol. The number of rotatable bonds is 8. The van der Waals surface area contributed by atoms with Gasteiger partial charge in [0.15, 0.2) is 10.8 Å². The Labute approximate surface area is 324 Å². The summed E-state index contributed by atoms with van der Waals surface area (Å²) >= 11 is 1.41. The summed E-state index contributed by atoms with van der Waals surface area (Å²) in [6.45, 7) is 14.2. The van der Waals surface area contributed by atoms with Gasteiger partial charge in [-0.05, 0) is 125 Å². The van der Waals surface area contributed by atoms with Gasteiger partial charge in [0.05, 0.1) is 38.8 Å². The molecule has 0 spiro atoms. The maximum absolute atomic E-state index is 13.6. The maximum atomic E-state index is 13.6. The molecule has 4 fully saturated rings. The number of aromatic carboxylic acids is 1. The van der Waals surface area contributed by atoms with Crippen molar-refractivity contribution in [3.63, 3.8) is 0 Å². The van der Waals surface area contributed by atoms with Crippen molar-refractivity contribution in [2.45, 2.75) is 97.8 Å². The van der Waals surface area contributed by atoms with E-state index in [0.717, 1.165) is 60.1 Å². The number of hydrogen-bond acceptors (Lipinski definition) is 8. The average Bonchev–Trinajstić information content (AvgIpc) is 3.66. The molecule has 4 bridgehead atoms. The van der Waals surface area contributed by atoms with Gasteiger partial charge in [0.25, 0.3) is 5.91 Å². The minimum Gasteiger partial charge on any atom is -0.476 e. The molecule has 0 radical (unpaired) electrons. The molecule has 4 heterocycles. The molecule has 0 saturated heterocycles. The van der Waals surface area contributed by atoms with Crippen molar-refractivity contribution >= 4 is 49.5 Å². The molecule has 55 heavy (non-hydrogen) atoms. The molecule has 6 aromatic rings. The average molecular weight is 755 g/mol. The van der Waals surface area contributed by atoms with Crippen LogP contribution < -0.4 is 5.32 Å². The number of benzene rings is 2. The van der Waals surface area contributed by atoms with Gasteiger partial charge in [-0.1, -0.05) is 43.4 Å². The van der Waals surface area contributed by atoms with E-state index in [9.17, 15) is 14.7 Å². The number of para-hydroxylation sites is 1. The minimum absolute atomic E-state index is 0.0442. The number of carboxylic acids is 1. The van der Waals surface area contributed by atoms with Crippen LogP contribution in [0.25, 0.3) is 43.5 Å². The van der Waals surface area contributed by atoms with E-state index in [1.165, 1.54) is 17.8 Å². The number of pyridine rings is 2. The Kier molecular flexibility index (Phi) is 7.95. The number of thiazole rings is 1. The van der Waals surface area contributed by atoms with Gasteiger partial charge in [0, 0.05) is 46.1 Å². The summed E-state index contributed by atoms with van der Waals surface area (Å²) in [5, 5.41) is 19.5. The molecule has 2 aromatic carbocycles. The molecule has 1 amide bonds. The van der Waals surface area contributed by atoms with Gasteiger partial charge in [-0.25, -0.2) is 14.8 Å². The van der Waals surface area contributed by atoms with E-state index >= 15 is 0 Å². The number of carboxylic acid groups (broad SMARTS) is 1. The molecule has 10 nitrogen and oxygen atoms in total. The Morgan fingerprint density at radius 1 is 0.891 bits per heavy atom. The quantitative estimate of drug-likeness (QED) is 0.157. The van der Waals surface area contributed by atoms with Crippen LogP contribution in [0.2, 0.25) is 0 Å². The van der Waals surface area contributed by atoms with E-state index in [1.807, 2.05) is 55.5 Å². The van der Waals surface area contributed by atoms with Crippen molar-refractivity contribution in [2.75, 3.05) is 5.32 Å². The van der Waals surface area contributed by atoms with Gasteiger partial charge in [-0.2, -0.15) is 5.10 Å². The zero-order valence-electron chi connectivity index (χ0n) is 32.2. The first kappa shape index (κ1) is 35.7. The standard InChI is InChI=1S/C44H46N6O4S/c1-26-31(18-46-50(26)25-43-20-41(5)19-42(6,21-43)23-44(22-41,24-43)54-40(2,3)4)28-14-15-32(47-36(28)38(52)53)27-16-30-29(10-9-12-33(30)45-17-27)37(51)49-39-48-34-11-7-8-13-35(34)55-39/h7-18H,19-25H2,1-6H3,(H,52,53)(H,48,49,51). The van der Waals surface area contributed by atoms with E-state index in [4.69, 9.17) is 9.84 Å². The molecular weight excluding hydrogens is 709 g/mol. The molecule has 4 aliphatic carbocycles. The van der Waals surface area contributed by atoms with Crippen LogP contribution in [-0.2, 0) is 11.3 Å². The van der Waals surface area contributed by atoms with Crippen molar-refractivity contribution in [1.29, 1.82) is 0 Å². The van der Waals surface area contributed by atoms with Gasteiger partial charge >= 0.3 is 5.97 Å². The number of ether oxygens (including phenoxy) is 1. The fourth-order valence-electron chi connectivity index (χ4n) is 11.5. The van der Waals surface area contributed by atoms with E-state index in [1.54, 1.807) is 24.5 Å². The zero-order valence-corrected chi connectivity index (χ0v) is 33.0. The number of nitrogens with one attached hydrogen (secondary N) is 1. The first-order valence-corrected chi connectivity index (χ1v) is 19.9. The monoisotopic (exact) mass is 754 g/mol. The Balaban J connectivity index is 1.02. The summed E-state index contributed by atoms with van der Waals surface area (Å²) in [6.07, 6.45) is 10.2. The second-order valence-electron chi connectivity index (χ2n) is 18.3. The third-order valence-corrected chi connectivity index (χ3v) is 12.9. The number of amides is 1. The molecular formula is C44H46N6O4S. The van der Waals surface area contributed by atoms with Crippen LogP contribution in [-0.4, -0.2) is 52.9 Å². The van der Waals surface area contributed by atoms with Crippen LogP contribution in [0.3, 0.4) is 0 Å². The number of carbonyl (C=O) groups excluding carboxylic acids is 1. The summed E-state index contributed by atoms with van der Waals surface area (Å²) < 4.78 is 10.0. The number of hydrogen-bond donors (Lipinski definition) is 2. The summed E-state index contributed by atoms with van der Waals surface area (Å²) in [4.78, 5) is 40.3. The summed E-state index contributed by atoms with van der Waals surface area (Å²) in [5.74, 6) is -1.43. The maximum Gasteiger partial charge on any atom is 0.355 e. The van der Waals surface area contributed by atoms with Crippen LogP contribution in [0.15, 0.2) is 73.1 Å². The molecule has 2 atom stereocenters. The van der Waals surface area contributed by atoms with E-state index < -0.39 is 5.97 Å². The lowest BCUT2D eigenvalue weighted by atomic mass is 9.39. The van der Waals surface area contributed by atoms with Crippen molar-refractivity contribution in [3.05, 3.63) is 90.0 Å². The SMILES string of the molecule is Cc1c(-c2ccc(-c3cnc4cccc(C(=O)Nc5nc6ccccc6s5)c4c3)nc2C(=O)O)cnn1CC12CC3(C)CC(C)(C1)CC(OC(C)(C)C)(C3)C2. The minimum atomic E-state index is -1.13. The first-order chi connectivity index (χ1) is 26.0. The lowest BCUT2D eigenvalue weighted by molar-refractivity contribution is -0.275. The van der Waals surface area contributed by atoms with Crippen LogP contribution >= 0.6 is 11.3 Å². The van der Waals surface area contributed by atoms with Gasteiger partial charge in [-0.3, -0.25) is 19.8 Å². The smallest absolute Gasteiger partial charge is 0.355 e. The van der Waals surface area contributed by atoms with Crippen LogP contribution in [0, 0.1) is 23.2 Å². The third kappa shape index (κ3) is 6.40. The van der Waals surface area contributed by atoms with E-state index in [0.29, 0.717) is 38.4 Å². The van der Waals surface area contributed by atoms with Gasteiger partial charge in [0.2, 0.25) is 0 Å². The molecule has 4 saturated carbocycles. The number of aromatic nitrogens is 5. The second kappa shape index (κ2) is 12.2. The number of anilines is 1. The fraction of sp³-hybridized carbons (Fsp3) is 0.409. The first-order valence-electron chi connectivity index (χ1n) is 19.1. The van der Waals surface area contributed by atoms with Crippen molar-refractivity contribution in [1.82, 2.24) is 24.7 Å². The van der Waals surface area contributed by atoms with E-state index in [2.05, 4.69) is 59.6 Å². The van der Waals surface area contributed by atoms with Gasteiger partial charge in [-0.15, -0.1) is 0 Å². The molecule has 4 aromatic heterocycles. The molecule has 2 unspecified atom stereocenters. The number of carbonyl (C=O) groups is 2. The Morgan fingerprint density at radius 2 is 1.64 bits per heavy atom. The molecule has 11 heteroatoms. The fourth-order valence-corrected chi connectivity index (χ4v) is 12.4. The molecule has 4 aliphatic rings. The highest BCUT2D eigenvalue weighted by molar-refractivity contribution is 7.22. The summed E-state index contributed by atoms with van der Waals surface area (Å²) in [5.41, 5.74) is 5.18. The van der Waals surface area contributed by atoms with Crippen LogP contribution in [0.1, 0.15) is 99.7 Å². The number of nitrogens with zero attached hydrogens (tertiary/aromatic N) is 5. The van der Waals surface area contributed by atoms with E-state index in [-0.39, 0.29) is 39.0 Å². The highest BCUT2D eigenvalue weighted by Gasteiger charge is 2.66. The highest BCUT2D eigenvalue weighted by atomic mass is 32.1. The largest absolute Gasteiger partial charge is 0.476 e. The van der Waals surface area contributed by atoms with Crippen LogP contribution in [0.5, 0.6) is 0 Å². The molecule has 2 N–H and O–H groups in total. The Hall–Kier alpha value is -5.00. The van der Waals surface area contributed by atoms with Crippen molar-refractivity contribution in [3.8, 4) is 22.4 Å². The zero-order chi connectivity index (χ0) is 38.5. The molecule has 10 rings (SSSR count). The molecule has 0 aliphatic heterocycles. The van der Waals surface area contributed by atoms with Gasteiger partial charge in [0.1, 0.15) is 0 Å². The predicted octanol–water partition coefficient (Wildman–Crippen LogP) is 9.96. The van der Waals surface area contributed by atoms with Gasteiger partial charge < -0.3 is 9.84 Å². The lowest BCUT2D eigenvalue weighted by Gasteiger charge is -2.70. The van der Waals surface area contributed by atoms with Crippen molar-refractivity contribution in [2.24, 2.45) is 16.2 Å². The lowest BCUT2D eigenvalue weighted by Crippen LogP contribution is -2.65. The topological polar surface area (TPSA) is 132 Å². The third-order valence-electron chi connectivity index (χ3n) is 11.9. The number of fused-ring (bicyclic) bond motifs is 2. The molecule has 282 valence electrons. The highest BCUT2D eigenvalue weighted by Crippen LogP contribution is 2.72. The normalized spacial score (nSPS) is 25.9. The summed E-state index contributed by atoms with van der Waals surface area (Å²) in [6, 6.07) is 18.6. The summed E-state index contributed by atoms with van der Waals surface area (Å²) in [7, 11) is 0. The van der Waals surface area contributed by atoms with Crippen molar-refractivity contribution < 1.29 is 19.4 Å². The second-order valence-corrected chi connectivity index (χ2v) is 19.3. The Bertz CT molecular complexity index is 2490. The Morgan fingerprint density at radius 3 is 2.36 bits per heavy atom.